The number of aliphatic hydroxyl groups excluding tert-OH is 1. The van der Waals surface area contributed by atoms with E-state index in [2.05, 4.69) is 6.58 Å². The summed E-state index contributed by atoms with van der Waals surface area (Å²) in [6.07, 6.45) is 2.10. The van der Waals surface area contributed by atoms with Crippen LogP contribution in [0.2, 0.25) is 0 Å². The van der Waals surface area contributed by atoms with Crippen molar-refractivity contribution in [3.05, 3.63) is 42.5 Å². The lowest BCUT2D eigenvalue weighted by atomic mass is 10.2. The van der Waals surface area contributed by atoms with E-state index < -0.39 is 10.0 Å². The van der Waals surface area contributed by atoms with Gasteiger partial charge >= 0.3 is 0 Å². The van der Waals surface area contributed by atoms with Crippen LogP contribution in [-0.2, 0) is 16.4 Å². The first-order valence-electron chi connectivity index (χ1n) is 5.87. The van der Waals surface area contributed by atoms with Gasteiger partial charge in [-0.3, -0.25) is 0 Å². The Balaban J connectivity index is 3.00. The van der Waals surface area contributed by atoms with Gasteiger partial charge < -0.3 is 5.11 Å². The second-order valence-electron chi connectivity index (χ2n) is 3.86. The molecule has 100 valence electrons. The van der Waals surface area contributed by atoms with Crippen LogP contribution >= 0.6 is 0 Å². The van der Waals surface area contributed by atoms with Gasteiger partial charge in [-0.05, 0) is 24.1 Å². The lowest BCUT2D eigenvalue weighted by molar-refractivity contribution is 0.299. The van der Waals surface area contributed by atoms with Crippen LogP contribution in [0.25, 0.3) is 0 Å². The van der Waals surface area contributed by atoms with Crippen molar-refractivity contribution in [2.24, 2.45) is 0 Å². The van der Waals surface area contributed by atoms with Crippen LogP contribution in [0.3, 0.4) is 0 Å². The first kappa shape index (κ1) is 14.9. The summed E-state index contributed by atoms with van der Waals surface area (Å²) in [7, 11) is -3.45. The predicted octanol–water partition coefficient (Wildman–Crippen LogP) is 1.42. The van der Waals surface area contributed by atoms with E-state index in [9.17, 15) is 8.42 Å². The van der Waals surface area contributed by atoms with E-state index in [4.69, 9.17) is 5.11 Å². The first-order valence-corrected chi connectivity index (χ1v) is 7.31. The maximum atomic E-state index is 12.3. The summed E-state index contributed by atoms with van der Waals surface area (Å²) in [4.78, 5) is 0.271. The molecule has 0 aliphatic heterocycles. The Morgan fingerprint density at radius 1 is 1.33 bits per heavy atom. The van der Waals surface area contributed by atoms with E-state index >= 15 is 0 Å². The zero-order valence-corrected chi connectivity index (χ0v) is 11.4. The molecule has 0 spiro atoms. The number of nitrogens with zero attached hydrogens (tertiary/aromatic N) is 1. The maximum absolute atomic E-state index is 12.3. The zero-order valence-electron chi connectivity index (χ0n) is 10.5. The molecular formula is C13H19NO3S. The van der Waals surface area contributed by atoms with E-state index in [0.29, 0.717) is 19.5 Å². The van der Waals surface area contributed by atoms with Crippen molar-refractivity contribution in [3.8, 4) is 0 Å². The monoisotopic (exact) mass is 269 g/mol. The minimum absolute atomic E-state index is 0.0592. The molecule has 0 heterocycles. The van der Waals surface area contributed by atoms with Gasteiger partial charge in [-0.1, -0.05) is 25.1 Å². The largest absolute Gasteiger partial charge is 0.396 e. The topological polar surface area (TPSA) is 57.6 Å². The Kier molecular flexibility index (Phi) is 5.53. The maximum Gasteiger partial charge on any atom is 0.243 e. The van der Waals surface area contributed by atoms with Gasteiger partial charge in [0.25, 0.3) is 0 Å². The van der Waals surface area contributed by atoms with E-state index in [1.165, 1.54) is 4.31 Å². The van der Waals surface area contributed by atoms with Crippen LogP contribution in [0.5, 0.6) is 0 Å². The van der Waals surface area contributed by atoms with Crippen molar-refractivity contribution < 1.29 is 13.5 Å². The average molecular weight is 269 g/mol. The molecule has 0 radical (unpaired) electrons. The Bertz CT molecular complexity index is 479. The molecule has 0 fully saturated rings. The van der Waals surface area contributed by atoms with Crippen molar-refractivity contribution in [3.63, 3.8) is 0 Å². The Hall–Kier alpha value is -1.17. The summed E-state index contributed by atoms with van der Waals surface area (Å²) in [6, 6.07) is 6.61. The molecule has 0 aliphatic rings. The highest BCUT2D eigenvalue weighted by molar-refractivity contribution is 7.89. The summed E-state index contributed by atoms with van der Waals surface area (Å²) < 4.78 is 25.9. The molecule has 1 aromatic rings. The molecule has 1 N–H and O–H groups in total. The van der Waals surface area contributed by atoms with Crippen LogP contribution in [0.4, 0.5) is 0 Å². The quantitative estimate of drug-likeness (QED) is 0.762. The highest BCUT2D eigenvalue weighted by atomic mass is 32.2. The smallest absolute Gasteiger partial charge is 0.243 e. The Morgan fingerprint density at radius 2 is 1.94 bits per heavy atom. The lowest BCUT2D eigenvalue weighted by Gasteiger charge is -2.18. The van der Waals surface area contributed by atoms with Crippen LogP contribution in [0.1, 0.15) is 12.5 Å². The molecule has 0 aliphatic carbocycles. The molecule has 1 aromatic carbocycles. The standard InChI is InChI=1S/C13H19NO3S/c1-3-10-14(4-2)18(16,17)13-7-5-12(6-8-13)9-11-15/h3,5-8,15H,1,4,9-11H2,2H3. The van der Waals surface area contributed by atoms with Gasteiger partial charge in [0.05, 0.1) is 4.90 Å². The summed E-state index contributed by atoms with van der Waals surface area (Å²) in [5, 5.41) is 8.81. The molecule has 0 unspecified atom stereocenters. The third-order valence-electron chi connectivity index (χ3n) is 2.65. The fourth-order valence-electron chi connectivity index (χ4n) is 1.65. The molecular weight excluding hydrogens is 250 g/mol. The average Bonchev–Trinajstić information content (AvgIpc) is 2.36. The summed E-state index contributed by atoms with van der Waals surface area (Å²) in [6.45, 7) is 6.12. The lowest BCUT2D eigenvalue weighted by Crippen LogP contribution is -2.31. The molecule has 0 atom stereocenters. The first-order chi connectivity index (χ1) is 8.56. The van der Waals surface area contributed by atoms with Crippen molar-refractivity contribution in [1.82, 2.24) is 4.31 Å². The number of rotatable bonds is 7. The van der Waals surface area contributed by atoms with Gasteiger partial charge in [-0.15, -0.1) is 6.58 Å². The second kappa shape index (κ2) is 6.68. The fraction of sp³-hybridized carbons (Fsp3) is 0.385. The highest BCUT2D eigenvalue weighted by Crippen LogP contribution is 2.16. The van der Waals surface area contributed by atoms with Crippen molar-refractivity contribution in [1.29, 1.82) is 0 Å². The molecule has 0 saturated carbocycles. The van der Waals surface area contributed by atoms with Gasteiger partial charge in [-0.2, -0.15) is 4.31 Å². The second-order valence-corrected chi connectivity index (χ2v) is 5.80. The fourth-order valence-corrected chi connectivity index (χ4v) is 3.07. The number of aliphatic hydroxyl groups is 1. The van der Waals surface area contributed by atoms with E-state index in [1.54, 1.807) is 37.3 Å². The number of likely N-dealkylation sites (N-methyl/N-ethyl adjacent to an activating group) is 1. The zero-order chi connectivity index (χ0) is 13.6. The number of hydrogen-bond acceptors (Lipinski definition) is 3. The third kappa shape index (κ3) is 3.41. The minimum Gasteiger partial charge on any atom is -0.396 e. The molecule has 18 heavy (non-hydrogen) atoms. The van der Waals surface area contributed by atoms with Crippen molar-refractivity contribution in [2.75, 3.05) is 19.7 Å². The van der Waals surface area contributed by atoms with E-state index in [0.717, 1.165) is 5.56 Å². The van der Waals surface area contributed by atoms with Gasteiger partial charge in [0.15, 0.2) is 0 Å². The molecule has 1 rings (SSSR count). The van der Waals surface area contributed by atoms with Crippen molar-refractivity contribution in [2.45, 2.75) is 18.2 Å². The van der Waals surface area contributed by atoms with E-state index in [1.807, 2.05) is 0 Å². The predicted molar refractivity (Wildman–Crippen MR) is 71.9 cm³/mol. The summed E-state index contributed by atoms with van der Waals surface area (Å²) >= 11 is 0. The molecule has 0 bridgehead atoms. The molecule has 0 aromatic heterocycles. The van der Waals surface area contributed by atoms with E-state index in [-0.39, 0.29) is 11.5 Å². The number of benzene rings is 1. The summed E-state index contributed by atoms with van der Waals surface area (Å²) in [5.41, 5.74) is 0.920. The SMILES string of the molecule is C=CCN(CC)S(=O)(=O)c1ccc(CCO)cc1. The molecule has 5 heteroatoms. The van der Waals surface area contributed by atoms with Crippen LogP contribution < -0.4 is 0 Å². The van der Waals surface area contributed by atoms with Gasteiger partial charge in [0, 0.05) is 19.7 Å². The van der Waals surface area contributed by atoms with Gasteiger partial charge in [-0.25, -0.2) is 8.42 Å². The summed E-state index contributed by atoms with van der Waals surface area (Å²) in [5.74, 6) is 0. The highest BCUT2D eigenvalue weighted by Gasteiger charge is 2.21. The molecule has 0 saturated heterocycles. The Morgan fingerprint density at radius 3 is 2.39 bits per heavy atom. The van der Waals surface area contributed by atoms with Crippen molar-refractivity contribution >= 4 is 10.0 Å². The van der Waals surface area contributed by atoms with Gasteiger partial charge in [0.2, 0.25) is 10.0 Å². The van der Waals surface area contributed by atoms with Crippen LogP contribution in [0.15, 0.2) is 41.8 Å². The molecule has 4 nitrogen and oxygen atoms in total. The Labute approximate surface area is 109 Å². The number of hydrogen-bond donors (Lipinski definition) is 1. The van der Waals surface area contributed by atoms with Crippen LogP contribution in [-0.4, -0.2) is 37.5 Å². The number of sulfonamides is 1. The molecule has 0 amide bonds. The van der Waals surface area contributed by atoms with Crippen LogP contribution in [0, 0.1) is 0 Å². The third-order valence-corrected chi connectivity index (χ3v) is 4.60. The minimum atomic E-state index is -3.45. The normalized spacial score (nSPS) is 11.7. The van der Waals surface area contributed by atoms with Gasteiger partial charge in [0.1, 0.15) is 0 Å².